The molecule has 0 amide bonds. The van der Waals surface area contributed by atoms with Crippen LogP contribution in [0.2, 0.25) is 0 Å². The summed E-state index contributed by atoms with van der Waals surface area (Å²) in [5.74, 6) is 0.207. The first-order valence-electron chi connectivity index (χ1n) is 4.14. The molecule has 0 aliphatic heterocycles. The Kier molecular flexibility index (Phi) is 3.09. The van der Waals surface area contributed by atoms with Crippen molar-refractivity contribution in [2.24, 2.45) is 5.92 Å². The normalized spacial score (nSPS) is 21.8. The number of carbonyl (C=O) groups is 1. The van der Waals surface area contributed by atoms with Crippen LogP contribution in [0.3, 0.4) is 0 Å². The molecule has 1 unspecified atom stereocenters. The van der Waals surface area contributed by atoms with Crippen molar-refractivity contribution < 1.29 is 9.53 Å². The van der Waals surface area contributed by atoms with E-state index < -0.39 is 0 Å². The molecule has 0 aromatic rings. The topological polar surface area (TPSA) is 26.3 Å². The summed E-state index contributed by atoms with van der Waals surface area (Å²) < 4.78 is 4.59. The number of ether oxygens (including phenoxy) is 1. The fraction of sp³-hybridized carbons (Fsp3) is 0.500. The summed E-state index contributed by atoms with van der Waals surface area (Å²) >= 11 is 0. The van der Waals surface area contributed by atoms with Crippen molar-refractivity contribution in [3.05, 3.63) is 23.8 Å². The average molecular weight is 166 g/mol. The third kappa shape index (κ3) is 2.53. The first-order valence-corrected chi connectivity index (χ1v) is 4.14. The van der Waals surface area contributed by atoms with Crippen LogP contribution >= 0.6 is 0 Å². The van der Waals surface area contributed by atoms with Crippen molar-refractivity contribution in [2.75, 3.05) is 7.11 Å². The van der Waals surface area contributed by atoms with Gasteiger partial charge in [-0.15, -0.1) is 0 Å². The number of esters is 1. The van der Waals surface area contributed by atoms with Gasteiger partial charge in [0, 0.05) is 0 Å². The Bertz CT molecular complexity index is 226. The van der Waals surface area contributed by atoms with Crippen molar-refractivity contribution >= 4 is 5.97 Å². The zero-order chi connectivity index (χ0) is 8.97. The van der Waals surface area contributed by atoms with Gasteiger partial charge in [-0.3, -0.25) is 4.79 Å². The summed E-state index contributed by atoms with van der Waals surface area (Å²) in [6.07, 6.45) is 7.73. The molecule has 0 aromatic carbocycles. The molecule has 66 valence electrons. The Balaban J connectivity index is 2.38. The molecule has 0 saturated carbocycles. The molecular weight excluding hydrogens is 152 g/mol. The lowest BCUT2D eigenvalue weighted by Gasteiger charge is -2.12. The number of carbonyl (C=O) groups excluding carboxylic acids is 1. The van der Waals surface area contributed by atoms with E-state index in [9.17, 15) is 4.79 Å². The molecule has 0 radical (unpaired) electrons. The van der Waals surface area contributed by atoms with E-state index in [1.165, 1.54) is 12.7 Å². The third-order valence-corrected chi connectivity index (χ3v) is 2.03. The van der Waals surface area contributed by atoms with E-state index in [4.69, 9.17) is 0 Å². The summed E-state index contributed by atoms with van der Waals surface area (Å²) in [7, 11) is 1.43. The molecular formula is C10H14O2. The van der Waals surface area contributed by atoms with Crippen LogP contribution in [-0.4, -0.2) is 13.1 Å². The quantitative estimate of drug-likeness (QED) is 0.587. The minimum Gasteiger partial charge on any atom is -0.469 e. The van der Waals surface area contributed by atoms with Gasteiger partial charge in [-0.2, -0.15) is 0 Å². The van der Waals surface area contributed by atoms with E-state index >= 15 is 0 Å². The van der Waals surface area contributed by atoms with Gasteiger partial charge in [-0.25, -0.2) is 0 Å². The second-order valence-corrected chi connectivity index (χ2v) is 3.08. The van der Waals surface area contributed by atoms with Gasteiger partial charge in [0.25, 0.3) is 0 Å². The van der Waals surface area contributed by atoms with E-state index in [2.05, 4.69) is 29.9 Å². The first-order chi connectivity index (χ1) is 5.72. The van der Waals surface area contributed by atoms with Crippen LogP contribution in [0, 0.1) is 5.92 Å². The van der Waals surface area contributed by atoms with E-state index in [-0.39, 0.29) is 5.97 Å². The van der Waals surface area contributed by atoms with Crippen molar-refractivity contribution in [3.8, 4) is 0 Å². The Morgan fingerprint density at radius 2 is 2.50 bits per heavy atom. The zero-order valence-electron chi connectivity index (χ0n) is 7.54. The van der Waals surface area contributed by atoms with E-state index in [1.54, 1.807) is 0 Å². The van der Waals surface area contributed by atoms with Crippen LogP contribution in [0.25, 0.3) is 0 Å². The molecule has 1 aliphatic rings. The molecule has 1 atom stereocenters. The second-order valence-electron chi connectivity index (χ2n) is 3.08. The Labute approximate surface area is 72.9 Å². The van der Waals surface area contributed by atoms with Crippen molar-refractivity contribution in [1.82, 2.24) is 0 Å². The summed E-state index contributed by atoms with van der Waals surface area (Å²) in [5.41, 5.74) is 1.27. The highest BCUT2D eigenvalue weighted by atomic mass is 16.5. The summed E-state index contributed by atoms with van der Waals surface area (Å²) in [4.78, 5) is 10.9. The SMILES string of the molecule is COC(=O)CC1C=CC(C)=CC1. The monoisotopic (exact) mass is 166 g/mol. The lowest BCUT2D eigenvalue weighted by molar-refractivity contribution is -0.141. The number of hydrogen-bond acceptors (Lipinski definition) is 2. The molecule has 0 fully saturated rings. The maximum Gasteiger partial charge on any atom is 0.306 e. The summed E-state index contributed by atoms with van der Waals surface area (Å²) in [6.45, 7) is 2.06. The van der Waals surface area contributed by atoms with Gasteiger partial charge in [0.15, 0.2) is 0 Å². The maximum absolute atomic E-state index is 10.9. The fourth-order valence-electron chi connectivity index (χ4n) is 1.22. The molecule has 1 aliphatic carbocycles. The highest BCUT2D eigenvalue weighted by Gasteiger charge is 2.11. The highest BCUT2D eigenvalue weighted by molar-refractivity contribution is 5.69. The third-order valence-electron chi connectivity index (χ3n) is 2.03. The van der Waals surface area contributed by atoms with Gasteiger partial charge >= 0.3 is 5.97 Å². The highest BCUT2D eigenvalue weighted by Crippen LogP contribution is 2.19. The first kappa shape index (κ1) is 9.04. The van der Waals surface area contributed by atoms with E-state index in [0.717, 1.165) is 6.42 Å². The Hall–Kier alpha value is -1.05. The van der Waals surface area contributed by atoms with E-state index in [0.29, 0.717) is 12.3 Å². The molecule has 0 saturated heterocycles. The summed E-state index contributed by atoms with van der Waals surface area (Å²) in [6, 6.07) is 0. The zero-order valence-corrected chi connectivity index (χ0v) is 7.54. The smallest absolute Gasteiger partial charge is 0.306 e. The predicted molar refractivity (Wildman–Crippen MR) is 47.6 cm³/mol. The van der Waals surface area contributed by atoms with E-state index in [1.807, 2.05) is 0 Å². The van der Waals surface area contributed by atoms with Gasteiger partial charge in [-0.1, -0.05) is 23.8 Å². The molecule has 2 nitrogen and oxygen atoms in total. The molecule has 12 heavy (non-hydrogen) atoms. The van der Waals surface area contributed by atoms with Crippen molar-refractivity contribution in [1.29, 1.82) is 0 Å². The van der Waals surface area contributed by atoms with Crippen LogP contribution in [0.5, 0.6) is 0 Å². The minimum atomic E-state index is -0.127. The molecule has 1 rings (SSSR count). The molecule has 0 N–H and O–H groups in total. The van der Waals surface area contributed by atoms with Crippen LogP contribution in [-0.2, 0) is 9.53 Å². The van der Waals surface area contributed by atoms with Crippen LogP contribution in [0.15, 0.2) is 23.8 Å². The van der Waals surface area contributed by atoms with Crippen molar-refractivity contribution in [2.45, 2.75) is 19.8 Å². The molecule has 0 bridgehead atoms. The van der Waals surface area contributed by atoms with Crippen LogP contribution in [0.4, 0.5) is 0 Å². The van der Waals surface area contributed by atoms with Gasteiger partial charge in [0.05, 0.1) is 13.5 Å². The molecule has 0 heterocycles. The molecule has 2 heteroatoms. The van der Waals surface area contributed by atoms with Gasteiger partial charge in [0.1, 0.15) is 0 Å². The number of methoxy groups -OCH3 is 1. The fourth-order valence-corrected chi connectivity index (χ4v) is 1.22. The van der Waals surface area contributed by atoms with Gasteiger partial charge in [0.2, 0.25) is 0 Å². The largest absolute Gasteiger partial charge is 0.469 e. The van der Waals surface area contributed by atoms with Gasteiger partial charge < -0.3 is 4.74 Å². The Morgan fingerprint density at radius 1 is 1.75 bits per heavy atom. The Morgan fingerprint density at radius 3 is 3.00 bits per heavy atom. The average Bonchev–Trinajstić information content (AvgIpc) is 2.09. The second kappa shape index (κ2) is 4.10. The lowest BCUT2D eigenvalue weighted by Crippen LogP contribution is -2.08. The van der Waals surface area contributed by atoms with Crippen molar-refractivity contribution in [3.63, 3.8) is 0 Å². The number of hydrogen-bond donors (Lipinski definition) is 0. The number of rotatable bonds is 2. The standard InChI is InChI=1S/C10H14O2/c1-8-3-5-9(6-4-8)7-10(11)12-2/h3-5,9H,6-7H2,1-2H3. The minimum absolute atomic E-state index is 0.127. The number of allylic oxidation sites excluding steroid dienone is 4. The summed E-state index contributed by atoms with van der Waals surface area (Å²) in [5, 5.41) is 0. The lowest BCUT2D eigenvalue weighted by atomic mass is 9.95. The van der Waals surface area contributed by atoms with Crippen LogP contribution in [0.1, 0.15) is 19.8 Å². The van der Waals surface area contributed by atoms with Gasteiger partial charge in [-0.05, 0) is 19.3 Å². The predicted octanol–water partition coefficient (Wildman–Crippen LogP) is 2.07. The van der Waals surface area contributed by atoms with Crippen LogP contribution < -0.4 is 0 Å². The molecule has 0 spiro atoms. The maximum atomic E-state index is 10.9. The molecule has 0 aromatic heterocycles.